The molecule has 0 unspecified atom stereocenters. The Bertz CT molecular complexity index is 560. The molecule has 1 aromatic carbocycles. The summed E-state index contributed by atoms with van der Waals surface area (Å²) in [5.74, 6) is 0. The molecule has 0 N–H and O–H groups in total. The standard InChI is InChI=1S/C12H10BrClN2S/c1-7-8(2)16-12(11(14)15-7)17-10-6-4-3-5-9(10)13/h3-6H,1-2H3. The van der Waals surface area contributed by atoms with Crippen LogP contribution in [0.4, 0.5) is 0 Å². The van der Waals surface area contributed by atoms with E-state index >= 15 is 0 Å². The zero-order valence-corrected chi connectivity index (χ0v) is 12.5. The van der Waals surface area contributed by atoms with E-state index in [0.29, 0.717) is 5.15 Å². The summed E-state index contributed by atoms with van der Waals surface area (Å²) in [5, 5.41) is 1.19. The Morgan fingerprint density at radius 1 is 1.12 bits per heavy atom. The van der Waals surface area contributed by atoms with Crippen molar-refractivity contribution in [2.75, 3.05) is 0 Å². The molecule has 2 nitrogen and oxygen atoms in total. The van der Waals surface area contributed by atoms with Gasteiger partial charge < -0.3 is 0 Å². The van der Waals surface area contributed by atoms with Gasteiger partial charge in [0.2, 0.25) is 0 Å². The van der Waals surface area contributed by atoms with Gasteiger partial charge >= 0.3 is 0 Å². The van der Waals surface area contributed by atoms with Crippen LogP contribution in [-0.4, -0.2) is 9.97 Å². The van der Waals surface area contributed by atoms with Crippen LogP contribution < -0.4 is 0 Å². The van der Waals surface area contributed by atoms with Crippen LogP contribution in [0.1, 0.15) is 11.4 Å². The zero-order chi connectivity index (χ0) is 12.4. The Balaban J connectivity index is 2.37. The van der Waals surface area contributed by atoms with Crippen LogP contribution in [0.2, 0.25) is 5.15 Å². The van der Waals surface area contributed by atoms with Gasteiger partial charge in [-0.15, -0.1) is 0 Å². The van der Waals surface area contributed by atoms with E-state index in [1.807, 2.05) is 38.1 Å². The first-order valence-corrected chi connectivity index (χ1v) is 7.00. The van der Waals surface area contributed by atoms with E-state index in [2.05, 4.69) is 25.9 Å². The van der Waals surface area contributed by atoms with Crippen molar-refractivity contribution in [3.63, 3.8) is 0 Å². The van der Waals surface area contributed by atoms with Crippen molar-refractivity contribution >= 4 is 39.3 Å². The first-order chi connectivity index (χ1) is 8.08. The molecule has 0 radical (unpaired) electrons. The monoisotopic (exact) mass is 328 g/mol. The quantitative estimate of drug-likeness (QED) is 0.801. The van der Waals surface area contributed by atoms with Gasteiger partial charge in [-0.1, -0.05) is 35.5 Å². The van der Waals surface area contributed by atoms with Gasteiger partial charge in [0, 0.05) is 9.37 Å². The lowest BCUT2D eigenvalue weighted by Crippen LogP contribution is -1.95. The molecule has 88 valence electrons. The maximum absolute atomic E-state index is 6.09. The first kappa shape index (κ1) is 12.9. The number of aromatic nitrogens is 2. The molecular weight excluding hydrogens is 320 g/mol. The molecule has 2 aromatic rings. The van der Waals surface area contributed by atoms with Crippen LogP contribution in [-0.2, 0) is 0 Å². The summed E-state index contributed by atoms with van der Waals surface area (Å²) < 4.78 is 1.03. The largest absolute Gasteiger partial charge is 0.241 e. The third kappa shape index (κ3) is 3.00. The Morgan fingerprint density at radius 3 is 2.47 bits per heavy atom. The topological polar surface area (TPSA) is 25.8 Å². The van der Waals surface area contributed by atoms with Crippen LogP contribution >= 0.6 is 39.3 Å². The maximum Gasteiger partial charge on any atom is 0.161 e. The maximum atomic E-state index is 6.09. The minimum atomic E-state index is 0.453. The number of benzene rings is 1. The highest BCUT2D eigenvalue weighted by molar-refractivity contribution is 9.10. The highest BCUT2D eigenvalue weighted by atomic mass is 79.9. The molecular formula is C12H10BrClN2S. The van der Waals surface area contributed by atoms with Crippen LogP contribution in [0, 0.1) is 13.8 Å². The average Bonchev–Trinajstić information content (AvgIpc) is 2.29. The minimum Gasteiger partial charge on any atom is -0.241 e. The number of nitrogens with zero attached hydrogens (tertiary/aromatic N) is 2. The van der Waals surface area contributed by atoms with E-state index in [1.165, 1.54) is 11.8 Å². The van der Waals surface area contributed by atoms with Gasteiger partial charge in [-0.2, -0.15) is 0 Å². The second-order valence-electron chi connectivity index (χ2n) is 3.52. The molecule has 1 heterocycles. The highest BCUT2D eigenvalue weighted by Crippen LogP contribution is 2.35. The minimum absolute atomic E-state index is 0.453. The summed E-state index contributed by atoms with van der Waals surface area (Å²) >= 11 is 11.1. The summed E-state index contributed by atoms with van der Waals surface area (Å²) in [6.07, 6.45) is 0. The van der Waals surface area contributed by atoms with Gasteiger partial charge in [0.25, 0.3) is 0 Å². The smallest absolute Gasteiger partial charge is 0.161 e. The van der Waals surface area contributed by atoms with E-state index in [1.54, 1.807) is 0 Å². The summed E-state index contributed by atoms with van der Waals surface area (Å²) in [4.78, 5) is 9.80. The van der Waals surface area contributed by atoms with Crippen molar-refractivity contribution in [3.8, 4) is 0 Å². The molecule has 0 atom stereocenters. The molecule has 2 rings (SSSR count). The zero-order valence-electron chi connectivity index (χ0n) is 9.37. The van der Waals surface area contributed by atoms with Crippen LogP contribution in [0.15, 0.2) is 38.7 Å². The number of aryl methyl sites for hydroxylation is 2. The van der Waals surface area contributed by atoms with Crippen LogP contribution in [0.3, 0.4) is 0 Å². The van der Waals surface area contributed by atoms with Crippen LogP contribution in [0.5, 0.6) is 0 Å². The third-order valence-corrected chi connectivity index (χ3v) is 4.66. The van der Waals surface area contributed by atoms with Gasteiger partial charge in [-0.05, 0) is 41.9 Å². The second kappa shape index (κ2) is 5.38. The molecule has 5 heteroatoms. The fourth-order valence-electron chi connectivity index (χ4n) is 1.25. The third-order valence-electron chi connectivity index (χ3n) is 2.28. The summed E-state index contributed by atoms with van der Waals surface area (Å²) in [7, 11) is 0. The Kier molecular flexibility index (Phi) is 4.07. The number of halogens is 2. The van der Waals surface area contributed by atoms with Crippen LogP contribution in [0.25, 0.3) is 0 Å². The Hall–Kier alpha value is -0.580. The van der Waals surface area contributed by atoms with Crippen molar-refractivity contribution in [1.29, 1.82) is 0 Å². The van der Waals surface area contributed by atoms with Gasteiger partial charge in [-0.25, -0.2) is 9.97 Å². The number of hydrogen-bond acceptors (Lipinski definition) is 3. The predicted octanol–water partition coefficient (Wildman–Crippen LogP) is 4.66. The van der Waals surface area contributed by atoms with Crippen molar-refractivity contribution in [2.24, 2.45) is 0 Å². The Morgan fingerprint density at radius 2 is 1.76 bits per heavy atom. The molecule has 0 amide bonds. The predicted molar refractivity (Wildman–Crippen MR) is 74.8 cm³/mol. The number of hydrogen-bond donors (Lipinski definition) is 0. The van der Waals surface area contributed by atoms with E-state index < -0.39 is 0 Å². The normalized spacial score (nSPS) is 10.6. The lowest BCUT2D eigenvalue weighted by molar-refractivity contribution is 0.957. The summed E-state index contributed by atoms with van der Waals surface area (Å²) in [6.45, 7) is 3.84. The molecule has 1 aromatic heterocycles. The Labute approximate surface area is 118 Å². The van der Waals surface area contributed by atoms with Crippen molar-refractivity contribution in [3.05, 3.63) is 45.3 Å². The van der Waals surface area contributed by atoms with Gasteiger partial charge in [-0.3, -0.25) is 0 Å². The molecule has 0 aliphatic rings. The van der Waals surface area contributed by atoms with Gasteiger partial charge in [0.05, 0.1) is 11.4 Å². The second-order valence-corrected chi connectivity index (χ2v) is 5.77. The van der Waals surface area contributed by atoms with Crippen molar-refractivity contribution in [2.45, 2.75) is 23.8 Å². The molecule has 0 fully saturated rings. The van der Waals surface area contributed by atoms with E-state index in [-0.39, 0.29) is 0 Å². The molecule has 0 aliphatic heterocycles. The van der Waals surface area contributed by atoms with Crippen molar-refractivity contribution in [1.82, 2.24) is 9.97 Å². The lowest BCUT2D eigenvalue weighted by Gasteiger charge is -2.07. The van der Waals surface area contributed by atoms with E-state index in [4.69, 9.17) is 11.6 Å². The number of rotatable bonds is 2. The molecule has 0 saturated heterocycles. The molecule has 17 heavy (non-hydrogen) atoms. The lowest BCUT2D eigenvalue weighted by atomic mass is 10.4. The first-order valence-electron chi connectivity index (χ1n) is 5.01. The molecule has 0 spiro atoms. The SMILES string of the molecule is Cc1nc(Cl)c(Sc2ccccc2Br)nc1C. The molecule has 0 saturated carbocycles. The van der Waals surface area contributed by atoms with Gasteiger partial charge in [0.15, 0.2) is 5.15 Å². The summed E-state index contributed by atoms with van der Waals surface area (Å²) in [5.41, 5.74) is 1.77. The molecule has 0 bridgehead atoms. The van der Waals surface area contributed by atoms with Gasteiger partial charge in [0.1, 0.15) is 5.03 Å². The molecule has 0 aliphatic carbocycles. The summed E-state index contributed by atoms with van der Waals surface area (Å²) in [6, 6.07) is 7.96. The van der Waals surface area contributed by atoms with E-state index in [9.17, 15) is 0 Å². The highest BCUT2D eigenvalue weighted by Gasteiger charge is 2.10. The van der Waals surface area contributed by atoms with E-state index in [0.717, 1.165) is 25.8 Å². The average molecular weight is 330 g/mol. The fourth-order valence-corrected chi connectivity index (χ4v) is 2.90. The fraction of sp³-hybridized carbons (Fsp3) is 0.167. The van der Waals surface area contributed by atoms with Crippen molar-refractivity contribution < 1.29 is 0 Å².